The van der Waals surface area contributed by atoms with Gasteiger partial charge >= 0.3 is 0 Å². The molecule has 17 heavy (non-hydrogen) atoms. The molecule has 0 aromatic heterocycles. The standard InChI is InChI=1S/C13H15FN2O/c14-12-5-11(8-15)6-13(7-12)16-9-10-1-3-17-4-2-10/h5-7,10,16H,1-4,9H2. The van der Waals surface area contributed by atoms with Gasteiger partial charge in [-0.05, 0) is 37.0 Å². The molecule has 0 atom stereocenters. The van der Waals surface area contributed by atoms with Crippen LogP contribution in [0.1, 0.15) is 18.4 Å². The van der Waals surface area contributed by atoms with E-state index in [9.17, 15) is 4.39 Å². The lowest BCUT2D eigenvalue weighted by Gasteiger charge is -2.22. The zero-order valence-corrected chi connectivity index (χ0v) is 9.58. The average Bonchev–Trinajstić information content (AvgIpc) is 2.37. The molecule has 0 saturated carbocycles. The highest BCUT2D eigenvalue weighted by molar-refractivity contribution is 5.49. The third kappa shape index (κ3) is 3.43. The molecule has 0 aliphatic carbocycles. The SMILES string of the molecule is N#Cc1cc(F)cc(NCC2CCOCC2)c1. The molecule has 1 N–H and O–H groups in total. The van der Waals surface area contributed by atoms with Crippen molar-refractivity contribution in [3.05, 3.63) is 29.6 Å². The predicted molar refractivity (Wildman–Crippen MR) is 63.1 cm³/mol. The highest BCUT2D eigenvalue weighted by Gasteiger charge is 2.13. The van der Waals surface area contributed by atoms with Crippen LogP contribution in [0.5, 0.6) is 0 Å². The number of ether oxygens (including phenoxy) is 1. The van der Waals surface area contributed by atoms with E-state index in [1.165, 1.54) is 12.1 Å². The van der Waals surface area contributed by atoms with Gasteiger partial charge in [0.05, 0.1) is 11.6 Å². The maximum atomic E-state index is 13.2. The number of nitriles is 1. The van der Waals surface area contributed by atoms with Crippen LogP contribution in [0.25, 0.3) is 0 Å². The van der Waals surface area contributed by atoms with E-state index in [1.807, 2.05) is 6.07 Å². The van der Waals surface area contributed by atoms with Crippen LogP contribution >= 0.6 is 0 Å². The Bertz CT molecular complexity index is 422. The number of hydrogen-bond acceptors (Lipinski definition) is 3. The lowest BCUT2D eigenvalue weighted by atomic mass is 10.0. The molecule has 3 nitrogen and oxygen atoms in total. The molecule has 0 bridgehead atoms. The lowest BCUT2D eigenvalue weighted by molar-refractivity contribution is 0.0699. The fraction of sp³-hybridized carbons (Fsp3) is 0.462. The van der Waals surface area contributed by atoms with Crippen LogP contribution in [0.4, 0.5) is 10.1 Å². The molecule has 90 valence electrons. The number of nitrogens with zero attached hydrogens (tertiary/aromatic N) is 1. The summed E-state index contributed by atoms with van der Waals surface area (Å²) in [5.74, 6) is 0.191. The smallest absolute Gasteiger partial charge is 0.126 e. The van der Waals surface area contributed by atoms with Crippen molar-refractivity contribution >= 4 is 5.69 Å². The van der Waals surface area contributed by atoms with E-state index < -0.39 is 0 Å². The topological polar surface area (TPSA) is 45.0 Å². The van der Waals surface area contributed by atoms with Crippen LogP contribution in [-0.2, 0) is 4.74 Å². The molecular formula is C13H15FN2O. The van der Waals surface area contributed by atoms with E-state index in [4.69, 9.17) is 10.00 Å². The average molecular weight is 234 g/mol. The van der Waals surface area contributed by atoms with Gasteiger partial charge in [-0.3, -0.25) is 0 Å². The minimum absolute atomic E-state index is 0.347. The van der Waals surface area contributed by atoms with E-state index >= 15 is 0 Å². The zero-order valence-electron chi connectivity index (χ0n) is 9.58. The molecule has 1 saturated heterocycles. The molecule has 1 fully saturated rings. The third-order valence-corrected chi connectivity index (χ3v) is 2.96. The van der Waals surface area contributed by atoms with E-state index in [1.54, 1.807) is 6.07 Å². The number of rotatable bonds is 3. The summed E-state index contributed by atoms with van der Waals surface area (Å²) in [6, 6.07) is 6.27. The van der Waals surface area contributed by atoms with Crippen LogP contribution in [0, 0.1) is 23.1 Å². The van der Waals surface area contributed by atoms with Crippen molar-refractivity contribution in [3.8, 4) is 6.07 Å². The molecule has 2 rings (SSSR count). The Morgan fingerprint density at radius 1 is 1.35 bits per heavy atom. The minimum Gasteiger partial charge on any atom is -0.385 e. The van der Waals surface area contributed by atoms with E-state index in [2.05, 4.69) is 5.32 Å². The van der Waals surface area contributed by atoms with Crippen molar-refractivity contribution in [1.29, 1.82) is 5.26 Å². The first kappa shape index (κ1) is 11.9. The van der Waals surface area contributed by atoms with Crippen molar-refractivity contribution in [2.24, 2.45) is 5.92 Å². The van der Waals surface area contributed by atoms with Crippen molar-refractivity contribution < 1.29 is 9.13 Å². The van der Waals surface area contributed by atoms with Crippen molar-refractivity contribution in [2.45, 2.75) is 12.8 Å². The van der Waals surface area contributed by atoms with Gasteiger partial charge < -0.3 is 10.1 Å². The summed E-state index contributed by atoms with van der Waals surface area (Å²) in [5, 5.41) is 11.9. The highest BCUT2D eigenvalue weighted by atomic mass is 19.1. The number of halogens is 1. The van der Waals surface area contributed by atoms with Gasteiger partial charge in [0.1, 0.15) is 5.82 Å². The van der Waals surface area contributed by atoms with Gasteiger partial charge in [0.2, 0.25) is 0 Å². The molecule has 1 aliphatic heterocycles. The first-order valence-corrected chi connectivity index (χ1v) is 5.80. The number of nitrogens with one attached hydrogen (secondary N) is 1. The maximum Gasteiger partial charge on any atom is 0.126 e. The summed E-state index contributed by atoms with van der Waals surface area (Å²) in [5.41, 5.74) is 1.02. The van der Waals surface area contributed by atoms with Gasteiger partial charge in [0.15, 0.2) is 0 Å². The molecule has 0 unspecified atom stereocenters. The first-order valence-electron chi connectivity index (χ1n) is 5.80. The zero-order chi connectivity index (χ0) is 12.1. The Morgan fingerprint density at radius 2 is 2.12 bits per heavy atom. The Kier molecular flexibility index (Phi) is 3.94. The summed E-state index contributed by atoms with van der Waals surface area (Å²) in [6.07, 6.45) is 2.07. The summed E-state index contributed by atoms with van der Waals surface area (Å²) in [4.78, 5) is 0. The van der Waals surface area contributed by atoms with Gasteiger partial charge in [-0.25, -0.2) is 4.39 Å². The second-order valence-electron chi connectivity index (χ2n) is 4.28. The Hall–Kier alpha value is -1.60. The Morgan fingerprint density at radius 3 is 2.82 bits per heavy atom. The summed E-state index contributed by atoms with van der Waals surface area (Å²) in [7, 11) is 0. The predicted octanol–water partition coefficient (Wildman–Crippen LogP) is 2.54. The molecular weight excluding hydrogens is 219 g/mol. The Balaban J connectivity index is 1.94. The molecule has 1 aromatic carbocycles. The molecule has 4 heteroatoms. The molecule has 0 amide bonds. The molecule has 0 radical (unpaired) electrons. The van der Waals surface area contributed by atoms with Crippen molar-refractivity contribution in [1.82, 2.24) is 0 Å². The van der Waals surface area contributed by atoms with Crippen LogP contribution < -0.4 is 5.32 Å². The van der Waals surface area contributed by atoms with E-state index in [0.717, 1.165) is 32.6 Å². The van der Waals surface area contributed by atoms with Gasteiger partial charge in [0, 0.05) is 25.4 Å². The van der Waals surface area contributed by atoms with Crippen molar-refractivity contribution in [2.75, 3.05) is 25.1 Å². The largest absolute Gasteiger partial charge is 0.385 e. The van der Waals surface area contributed by atoms with Gasteiger partial charge in [0.25, 0.3) is 0 Å². The highest BCUT2D eigenvalue weighted by Crippen LogP contribution is 2.18. The third-order valence-electron chi connectivity index (χ3n) is 2.96. The number of benzene rings is 1. The minimum atomic E-state index is -0.376. The van der Waals surface area contributed by atoms with Crippen LogP contribution in [-0.4, -0.2) is 19.8 Å². The lowest BCUT2D eigenvalue weighted by Crippen LogP contribution is -2.22. The summed E-state index contributed by atoms with van der Waals surface area (Å²) < 4.78 is 18.4. The number of hydrogen-bond donors (Lipinski definition) is 1. The normalized spacial score (nSPS) is 16.5. The fourth-order valence-electron chi connectivity index (χ4n) is 1.97. The first-order chi connectivity index (χ1) is 8.28. The number of anilines is 1. The van der Waals surface area contributed by atoms with Crippen LogP contribution in [0.3, 0.4) is 0 Å². The molecule has 1 heterocycles. The van der Waals surface area contributed by atoms with Gasteiger partial charge in [-0.2, -0.15) is 5.26 Å². The second kappa shape index (κ2) is 5.65. The fourth-order valence-corrected chi connectivity index (χ4v) is 1.97. The monoisotopic (exact) mass is 234 g/mol. The van der Waals surface area contributed by atoms with Gasteiger partial charge in [-0.1, -0.05) is 0 Å². The molecule has 0 spiro atoms. The summed E-state index contributed by atoms with van der Waals surface area (Å²) in [6.45, 7) is 2.41. The van der Waals surface area contributed by atoms with E-state index in [-0.39, 0.29) is 5.82 Å². The van der Waals surface area contributed by atoms with E-state index in [0.29, 0.717) is 17.2 Å². The van der Waals surface area contributed by atoms with Crippen molar-refractivity contribution in [3.63, 3.8) is 0 Å². The van der Waals surface area contributed by atoms with Crippen LogP contribution in [0.2, 0.25) is 0 Å². The Labute approximate surface area is 100 Å². The van der Waals surface area contributed by atoms with Crippen LogP contribution in [0.15, 0.2) is 18.2 Å². The van der Waals surface area contributed by atoms with Gasteiger partial charge in [-0.15, -0.1) is 0 Å². The second-order valence-corrected chi connectivity index (χ2v) is 4.28. The maximum absolute atomic E-state index is 13.2. The quantitative estimate of drug-likeness (QED) is 0.874. The molecule has 1 aliphatic rings. The molecule has 1 aromatic rings. The summed E-state index contributed by atoms with van der Waals surface area (Å²) >= 11 is 0.